The number of hydrogen-bond donors (Lipinski definition) is 2. The third-order valence-electron chi connectivity index (χ3n) is 3.49. The van der Waals surface area contributed by atoms with E-state index < -0.39 is 5.54 Å². The van der Waals surface area contributed by atoms with E-state index in [2.05, 4.69) is 15.5 Å². The molecule has 6 heteroatoms. The van der Waals surface area contributed by atoms with E-state index in [0.29, 0.717) is 18.5 Å². The number of nitrogens with two attached hydrogens (primary N) is 1. The molecule has 0 aliphatic heterocycles. The van der Waals surface area contributed by atoms with Crippen LogP contribution in [0.2, 0.25) is 0 Å². The number of carbonyl (C=O) groups excluding carboxylic acids is 1. The quantitative estimate of drug-likeness (QED) is 0.868. The van der Waals surface area contributed by atoms with Crippen LogP contribution in [-0.4, -0.2) is 26.4 Å². The lowest BCUT2D eigenvalue weighted by atomic mass is 9.93. The van der Waals surface area contributed by atoms with Crippen LogP contribution < -0.4 is 11.1 Å². The van der Waals surface area contributed by atoms with Crippen LogP contribution >= 0.6 is 0 Å². The number of nitrogens with zero attached hydrogens (tertiary/aromatic N) is 3. The number of aromatic nitrogens is 3. The van der Waals surface area contributed by atoms with Crippen molar-refractivity contribution in [1.82, 2.24) is 15.0 Å². The van der Waals surface area contributed by atoms with E-state index in [0.717, 1.165) is 5.69 Å². The Kier molecular flexibility index (Phi) is 4.14. The van der Waals surface area contributed by atoms with Crippen molar-refractivity contribution >= 4 is 11.6 Å². The normalized spacial score (nSPS) is 11.3. The van der Waals surface area contributed by atoms with Gasteiger partial charge in [0, 0.05) is 5.69 Å². The van der Waals surface area contributed by atoms with Gasteiger partial charge in [0.1, 0.15) is 0 Å². The highest BCUT2D eigenvalue weighted by Gasteiger charge is 2.29. The number of hydrogen-bond acceptors (Lipinski definition) is 4. The lowest BCUT2D eigenvalue weighted by molar-refractivity contribution is -0.121. The van der Waals surface area contributed by atoms with Crippen LogP contribution in [0.1, 0.15) is 26.7 Å². The van der Waals surface area contributed by atoms with E-state index in [4.69, 9.17) is 5.73 Å². The summed E-state index contributed by atoms with van der Waals surface area (Å²) in [5, 5.41) is 10.9. The number of nitrogens with one attached hydrogen (secondary N) is 1. The maximum atomic E-state index is 12.1. The van der Waals surface area contributed by atoms with Gasteiger partial charge in [0.15, 0.2) is 0 Å². The summed E-state index contributed by atoms with van der Waals surface area (Å²) >= 11 is 0. The standard InChI is InChI=1S/C14H19N5O/c1-3-14(15,4-2)13(20)18-11-5-7-12(8-6-11)19-16-9-10-17-19/h5-10H,3-4,15H2,1-2H3,(H,18,20). The minimum absolute atomic E-state index is 0.160. The molecule has 0 radical (unpaired) electrons. The largest absolute Gasteiger partial charge is 0.324 e. The van der Waals surface area contributed by atoms with Crippen molar-refractivity contribution in [3.05, 3.63) is 36.7 Å². The summed E-state index contributed by atoms with van der Waals surface area (Å²) in [6.07, 6.45) is 4.43. The third kappa shape index (κ3) is 2.85. The minimum Gasteiger partial charge on any atom is -0.324 e. The van der Waals surface area contributed by atoms with Crippen LogP contribution in [0.4, 0.5) is 5.69 Å². The predicted octanol–water partition coefficient (Wildman–Crippen LogP) is 1.72. The lowest BCUT2D eigenvalue weighted by Crippen LogP contribution is -2.50. The molecule has 6 nitrogen and oxygen atoms in total. The first-order valence-corrected chi connectivity index (χ1v) is 6.66. The molecule has 0 fully saturated rings. The Morgan fingerprint density at radius 2 is 1.75 bits per heavy atom. The maximum Gasteiger partial charge on any atom is 0.244 e. The van der Waals surface area contributed by atoms with Crippen molar-refractivity contribution in [2.75, 3.05) is 5.32 Å². The van der Waals surface area contributed by atoms with Crippen molar-refractivity contribution in [3.63, 3.8) is 0 Å². The van der Waals surface area contributed by atoms with Gasteiger partial charge in [-0.15, -0.1) is 0 Å². The van der Waals surface area contributed by atoms with Gasteiger partial charge < -0.3 is 11.1 Å². The third-order valence-corrected chi connectivity index (χ3v) is 3.49. The van der Waals surface area contributed by atoms with E-state index in [1.54, 1.807) is 12.4 Å². The Bertz CT molecular complexity index is 558. The molecule has 0 spiro atoms. The topological polar surface area (TPSA) is 85.8 Å². The molecular weight excluding hydrogens is 254 g/mol. The van der Waals surface area contributed by atoms with Crippen LogP contribution in [0.15, 0.2) is 36.7 Å². The Morgan fingerprint density at radius 1 is 1.20 bits per heavy atom. The Hall–Kier alpha value is -2.21. The first-order chi connectivity index (χ1) is 9.59. The van der Waals surface area contributed by atoms with Gasteiger partial charge in [0.2, 0.25) is 5.91 Å². The number of amides is 1. The summed E-state index contributed by atoms with van der Waals surface area (Å²) in [6.45, 7) is 3.82. The van der Waals surface area contributed by atoms with Gasteiger partial charge in [-0.05, 0) is 37.1 Å². The Morgan fingerprint density at radius 3 is 2.25 bits per heavy atom. The van der Waals surface area contributed by atoms with Gasteiger partial charge in [0.05, 0.1) is 23.6 Å². The second-order valence-electron chi connectivity index (χ2n) is 4.68. The highest BCUT2D eigenvalue weighted by molar-refractivity contribution is 5.97. The second kappa shape index (κ2) is 5.83. The molecule has 1 heterocycles. The van der Waals surface area contributed by atoms with Crippen LogP contribution in [0.5, 0.6) is 0 Å². The molecular formula is C14H19N5O. The summed E-state index contributed by atoms with van der Waals surface area (Å²) < 4.78 is 0. The van der Waals surface area contributed by atoms with E-state index in [1.807, 2.05) is 38.1 Å². The molecule has 106 valence electrons. The highest BCUT2D eigenvalue weighted by atomic mass is 16.2. The fraction of sp³-hybridized carbons (Fsp3) is 0.357. The maximum absolute atomic E-state index is 12.1. The number of rotatable bonds is 5. The number of anilines is 1. The molecule has 0 aliphatic rings. The zero-order valence-electron chi connectivity index (χ0n) is 11.7. The first-order valence-electron chi connectivity index (χ1n) is 6.66. The Balaban J connectivity index is 2.10. The summed E-state index contributed by atoms with van der Waals surface area (Å²) in [5.41, 5.74) is 6.78. The molecule has 0 saturated heterocycles. The molecule has 1 aromatic carbocycles. The summed E-state index contributed by atoms with van der Waals surface area (Å²) in [4.78, 5) is 13.7. The van der Waals surface area contributed by atoms with E-state index in [-0.39, 0.29) is 5.91 Å². The summed E-state index contributed by atoms with van der Waals surface area (Å²) in [6, 6.07) is 7.29. The highest BCUT2D eigenvalue weighted by Crippen LogP contribution is 2.17. The fourth-order valence-electron chi connectivity index (χ4n) is 1.85. The van der Waals surface area contributed by atoms with E-state index in [1.165, 1.54) is 4.80 Å². The molecule has 2 aromatic rings. The smallest absolute Gasteiger partial charge is 0.244 e. The van der Waals surface area contributed by atoms with Crippen LogP contribution in [-0.2, 0) is 4.79 Å². The number of carbonyl (C=O) groups is 1. The Labute approximate surface area is 118 Å². The summed E-state index contributed by atoms with van der Waals surface area (Å²) in [5.74, 6) is -0.160. The SMILES string of the molecule is CCC(N)(CC)C(=O)Nc1ccc(-n2nccn2)cc1. The molecule has 2 rings (SSSR count). The van der Waals surface area contributed by atoms with Crippen molar-refractivity contribution in [2.24, 2.45) is 5.73 Å². The molecule has 0 saturated carbocycles. The second-order valence-corrected chi connectivity index (χ2v) is 4.68. The molecule has 0 aliphatic carbocycles. The van der Waals surface area contributed by atoms with Gasteiger partial charge >= 0.3 is 0 Å². The van der Waals surface area contributed by atoms with Gasteiger partial charge in [0.25, 0.3) is 0 Å². The van der Waals surface area contributed by atoms with Gasteiger partial charge in [-0.1, -0.05) is 13.8 Å². The van der Waals surface area contributed by atoms with Gasteiger partial charge in [-0.25, -0.2) is 0 Å². The van der Waals surface area contributed by atoms with E-state index in [9.17, 15) is 4.79 Å². The van der Waals surface area contributed by atoms with Crippen LogP contribution in [0.25, 0.3) is 5.69 Å². The van der Waals surface area contributed by atoms with Crippen LogP contribution in [0.3, 0.4) is 0 Å². The molecule has 0 unspecified atom stereocenters. The summed E-state index contributed by atoms with van der Waals surface area (Å²) in [7, 11) is 0. The molecule has 3 N–H and O–H groups in total. The van der Waals surface area contributed by atoms with Gasteiger partial charge in [-0.2, -0.15) is 15.0 Å². The zero-order valence-corrected chi connectivity index (χ0v) is 11.7. The fourth-order valence-corrected chi connectivity index (χ4v) is 1.85. The predicted molar refractivity (Wildman–Crippen MR) is 77.5 cm³/mol. The lowest BCUT2D eigenvalue weighted by Gasteiger charge is -2.25. The van der Waals surface area contributed by atoms with Crippen molar-refractivity contribution < 1.29 is 4.79 Å². The van der Waals surface area contributed by atoms with Crippen molar-refractivity contribution in [2.45, 2.75) is 32.2 Å². The molecule has 20 heavy (non-hydrogen) atoms. The van der Waals surface area contributed by atoms with Crippen molar-refractivity contribution in [1.29, 1.82) is 0 Å². The average molecular weight is 273 g/mol. The first kappa shape index (κ1) is 14.2. The molecule has 1 aromatic heterocycles. The minimum atomic E-state index is -0.817. The number of benzene rings is 1. The zero-order chi connectivity index (χ0) is 14.6. The van der Waals surface area contributed by atoms with E-state index >= 15 is 0 Å². The molecule has 1 amide bonds. The van der Waals surface area contributed by atoms with Crippen molar-refractivity contribution in [3.8, 4) is 5.69 Å². The van der Waals surface area contributed by atoms with Crippen LogP contribution in [0, 0.1) is 0 Å². The monoisotopic (exact) mass is 273 g/mol. The molecule has 0 bridgehead atoms. The van der Waals surface area contributed by atoms with Gasteiger partial charge in [-0.3, -0.25) is 4.79 Å². The molecule has 0 atom stereocenters. The average Bonchev–Trinajstić information content (AvgIpc) is 3.01.